The van der Waals surface area contributed by atoms with Crippen molar-refractivity contribution in [1.29, 1.82) is 0 Å². The highest BCUT2D eigenvalue weighted by Crippen LogP contribution is 2.45. The topological polar surface area (TPSA) is 74.5 Å². The number of rotatable bonds is 3. The molecule has 3 rings (SSSR count). The van der Waals surface area contributed by atoms with E-state index in [4.69, 9.17) is 0 Å². The molecule has 0 aromatic carbocycles. The van der Waals surface area contributed by atoms with E-state index in [0.717, 1.165) is 25.9 Å². The van der Waals surface area contributed by atoms with Crippen LogP contribution in [0.5, 0.6) is 0 Å². The molecule has 116 valence electrons. The van der Waals surface area contributed by atoms with Crippen LogP contribution in [0.3, 0.4) is 0 Å². The van der Waals surface area contributed by atoms with Gasteiger partial charge >= 0.3 is 0 Å². The van der Waals surface area contributed by atoms with Crippen LogP contribution in [-0.4, -0.2) is 31.2 Å². The van der Waals surface area contributed by atoms with Crippen LogP contribution in [0, 0.1) is 0 Å². The monoisotopic (exact) mass is 392 g/mol. The minimum atomic E-state index is -2.36. The summed E-state index contributed by atoms with van der Waals surface area (Å²) in [4.78, 5) is 13.2. The summed E-state index contributed by atoms with van der Waals surface area (Å²) in [6.07, 6.45) is 2.57. The lowest BCUT2D eigenvalue weighted by molar-refractivity contribution is 0.491. The molecule has 0 radical (unpaired) electrons. The van der Waals surface area contributed by atoms with Crippen LogP contribution in [0.4, 0.5) is 0 Å². The van der Waals surface area contributed by atoms with E-state index in [1.165, 1.54) is 0 Å². The fraction of sp³-hybridized carbons (Fsp3) is 0.462. The van der Waals surface area contributed by atoms with Crippen molar-refractivity contribution in [3.63, 3.8) is 0 Å². The summed E-state index contributed by atoms with van der Waals surface area (Å²) in [6, 6.07) is 2.07. The molecule has 5 nitrogen and oxygen atoms in total. The molecule has 3 N–H and O–H groups in total. The highest BCUT2D eigenvalue weighted by molar-refractivity contribution is 9.10. The third-order valence-corrected chi connectivity index (χ3v) is 7.54. The molecule has 1 atom stereocenters. The SMILES string of the molecule is Cn1cc(Br)c2sc(CNC3CCS(O)(O)C3)cc2c1=O. The normalized spacial score (nSPS) is 22.8. The van der Waals surface area contributed by atoms with Crippen LogP contribution in [0.25, 0.3) is 10.1 Å². The van der Waals surface area contributed by atoms with E-state index in [1.807, 2.05) is 6.07 Å². The predicted molar refractivity (Wildman–Crippen MR) is 92.6 cm³/mol. The minimum Gasteiger partial charge on any atom is -0.317 e. The fourth-order valence-corrected chi connectivity index (χ4v) is 6.09. The summed E-state index contributed by atoms with van der Waals surface area (Å²) >= 11 is 5.08. The maximum absolute atomic E-state index is 12.1. The molecule has 2 aromatic rings. The van der Waals surface area contributed by atoms with Gasteiger partial charge in [0.25, 0.3) is 5.56 Å². The van der Waals surface area contributed by atoms with Gasteiger partial charge in [-0.05, 0) is 28.4 Å². The van der Waals surface area contributed by atoms with Crippen LogP contribution < -0.4 is 10.9 Å². The van der Waals surface area contributed by atoms with Gasteiger partial charge in [0.15, 0.2) is 0 Å². The van der Waals surface area contributed by atoms with Crippen LogP contribution in [0.15, 0.2) is 21.5 Å². The smallest absolute Gasteiger partial charge is 0.259 e. The molecule has 0 aliphatic carbocycles. The Labute approximate surface area is 136 Å². The summed E-state index contributed by atoms with van der Waals surface area (Å²) in [5, 5.41) is 4.08. The van der Waals surface area contributed by atoms with Gasteiger partial charge in [-0.1, -0.05) is 0 Å². The lowest BCUT2D eigenvalue weighted by atomic mass is 10.2. The van der Waals surface area contributed by atoms with Crippen molar-refractivity contribution < 1.29 is 9.11 Å². The van der Waals surface area contributed by atoms with Gasteiger partial charge < -0.3 is 9.88 Å². The van der Waals surface area contributed by atoms with Gasteiger partial charge in [-0.15, -0.1) is 11.3 Å². The van der Waals surface area contributed by atoms with Gasteiger partial charge in [0.1, 0.15) is 0 Å². The minimum absolute atomic E-state index is 0.00532. The average molecular weight is 393 g/mol. The fourth-order valence-electron chi connectivity index (χ4n) is 2.57. The van der Waals surface area contributed by atoms with E-state index in [1.54, 1.807) is 29.1 Å². The summed E-state index contributed by atoms with van der Waals surface area (Å²) < 4.78 is 22.7. The summed E-state index contributed by atoms with van der Waals surface area (Å²) in [5.41, 5.74) is 0.00532. The molecule has 1 aliphatic rings. The highest BCUT2D eigenvalue weighted by Gasteiger charge is 2.27. The Kier molecular flexibility index (Phi) is 4.19. The number of pyridine rings is 1. The standard InChI is InChI=1S/C13H17BrN2O3S2/c1-16-6-11(14)12-10(13(16)17)4-9(20-12)5-15-8-2-3-21(18,19)7-8/h4,6,8,15,18-19H,2-3,5,7H2,1H3. The molecule has 0 bridgehead atoms. The molecule has 1 fully saturated rings. The van der Waals surface area contributed by atoms with Crippen LogP contribution in [0.1, 0.15) is 11.3 Å². The van der Waals surface area contributed by atoms with Crippen molar-refractivity contribution in [3.8, 4) is 0 Å². The molecule has 3 heterocycles. The molecule has 1 aliphatic heterocycles. The molecule has 1 unspecified atom stereocenters. The first-order chi connectivity index (χ1) is 9.85. The number of thiophene rings is 1. The Bertz CT molecular complexity index is 741. The van der Waals surface area contributed by atoms with Crippen molar-refractivity contribution in [3.05, 3.63) is 32.0 Å². The number of fused-ring (bicyclic) bond motifs is 1. The van der Waals surface area contributed by atoms with Crippen LogP contribution in [0.2, 0.25) is 0 Å². The quantitative estimate of drug-likeness (QED) is 0.750. The number of aromatic nitrogens is 1. The van der Waals surface area contributed by atoms with Crippen molar-refractivity contribution in [1.82, 2.24) is 9.88 Å². The lowest BCUT2D eigenvalue weighted by Crippen LogP contribution is -2.28. The Morgan fingerprint density at radius 2 is 2.33 bits per heavy atom. The molecular weight excluding hydrogens is 376 g/mol. The van der Waals surface area contributed by atoms with Crippen molar-refractivity contribution in [2.45, 2.75) is 19.0 Å². The van der Waals surface area contributed by atoms with Crippen LogP contribution in [-0.2, 0) is 13.6 Å². The molecule has 0 amide bonds. The van der Waals surface area contributed by atoms with Gasteiger partial charge in [0.2, 0.25) is 0 Å². The van der Waals surface area contributed by atoms with Crippen molar-refractivity contribution in [2.24, 2.45) is 7.05 Å². The predicted octanol–water partition coefficient (Wildman–Crippen LogP) is 2.98. The average Bonchev–Trinajstić information content (AvgIpc) is 2.97. The zero-order valence-corrected chi connectivity index (χ0v) is 14.7. The Morgan fingerprint density at radius 3 is 3.00 bits per heavy atom. The molecule has 1 saturated heterocycles. The van der Waals surface area contributed by atoms with E-state index in [-0.39, 0.29) is 11.6 Å². The van der Waals surface area contributed by atoms with E-state index in [0.29, 0.717) is 18.1 Å². The maximum Gasteiger partial charge on any atom is 0.259 e. The zero-order valence-electron chi connectivity index (χ0n) is 11.5. The van der Waals surface area contributed by atoms with E-state index >= 15 is 0 Å². The third kappa shape index (κ3) is 3.20. The maximum atomic E-state index is 12.1. The highest BCUT2D eigenvalue weighted by atomic mass is 79.9. The van der Waals surface area contributed by atoms with Gasteiger partial charge in [0.05, 0.1) is 20.3 Å². The van der Waals surface area contributed by atoms with Gasteiger partial charge in [-0.2, -0.15) is 10.6 Å². The van der Waals surface area contributed by atoms with Crippen molar-refractivity contribution in [2.75, 3.05) is 11.5 Å². The first-order valence-electron chi connectivity index (χ1n) is 6.60. The van der Waals surface area contributed by atoms with E-state index in [9.17, 15) is 13.9 Å². The second-order valence-electron chi connectivity index (χ2n) is 5.39. The summed E-state index contributed by atoms with van der Waals surface area (Å²) in [5.74, 6) is 0.923. The van der Waals surface area contributed by atoms with E-state index < -0.39 is 10.6 Å². The lowest BCUT2D eigenvalue weighted by Gasteiger charge is -2.26. The Hall–Kier alpha value is -0.380. The first-order valence-corrected chi connectivity index (χ1v) is 10.1. The summed E-state index contributed by atoms with van der Waals surface area (Å²) in [6.45, 7) is 0.648. The second-order valence-corrected chi connectivity index (χ2v) is 9.73. The number of aryl methyl sites for hydroxylation is 1. The number of hydrogen-bond donors (Lipinski definition) is 3. The largest absolute Gasteiger partial charge is 0.317 e. The van der Waals surface area contributed by atoms with Crippen molar-refractivity contribution >= 4 is 47.9 Å². The van der Waals surface area contributed by atoms with Gasteiger partial charge in [-0.25, -0.2) is 0 Å². The van der Waals surface area contributed by atoms with E-state index in [2.05, 4.69) is 21.2 Å². The number of hydrogen-bond acceptors (Lipinski definition) is 5. The summed E-state index contributed by atoms with van der Waals surface area (Å²) in [7, 11) is -0.622. The number of nitrogens with one attached hydrogen (secondary N) is 1. The second kappa shape index (κ2) is 5.68. The Morgan fingerprint density at radius 1 is 1.57 bits per heavy atom. The third-order valence-electron chi connectivity index (χ3n) is 3.68. The number of nitrogens with zero attached hydrogens (tertiary/aromatic N) is 1. The number of halogens is 1. The van der Waals surface area contributed by atoms with Gasteiger partial charge in [0, 0.05) is 36.5 Å². The van der Waals surface area contributed by atoms with Crippen LogP contribution >= 0.6 is 37.9 Å². The zero-order chi connectivity index (χ0) is 15.2. The molecule has 0 spiro atoms. The molecule has 21 heavy (non-hydrogen) atoms. The molecule has 2 aromatic heterocycles. The van der Waals surface area contributed by atoms with Gasteiger partial charge in [-0.3, -0.25) is 13.9 Å². The molecular formula is C13H17BrN2O3S2. The molecule has 8 heteroatoms. The molecule has 0 saturated carbocycles. The first kappa shape index (κ1) is 15.5. The Balaban J connectivity index is 1.78.